The fraction of sp³-hybridized carbons (Fsp3) is 0.348. The third-order valence-electron chi connectivity index (χ3n) is 4.83. The van der Waals surface area contributed by atoms with E-state index in [0.717, 1.165) is 24.4 Å². The molecule has 2 aliphatic rings. The van der Waals surface area contributed by atoms with Crippen molar-refractivity contribution in [2.75, 3.05) is 18.0 Å². The first kappa shape index (κ1) is 18.7. The summed E-state index contributed by atoms with van der Waals surface area (Å²) in [5.74, 6) is 0.0347. The molecular formula is C23H24N4. The standard InChI is InChI=1S/C23H24N4/c1-17(2)26-23(19-7-5-18(6-8-19)21(15-24)16-25)20-9-11-22(12-10-20)27-13-3-4-14-27/h5-12,17,19H,3-4,13-14H2,1-2H3. The molecule has 1 saturated heterocycles. The van der Waals surface area contributed by atoms with Crippen molar-refractivity contribution in [3.05, 3.63) is 65.3 Å². The minimum absolute atomic E-state index is 0.0347. The van der Waals surface area contributed by atoms with E-state index in [1.54, 1.807) is 0 Å². The van der Waals surface area contributed by atoms with Crippen LogP contribution in [0, 0.1) is 28.6 Å². The Balaban J connectivity index is 1.87. The molecular weight excluding hydrogens is 332 g/mol. The van der Waals surface area contributed by atoms with Crippen LogP contribution in [0.25, 0.3) is 0 Å². The van der Waals surface area contributed by atoms with Crippen LogP contribution < -0.4 is 4.90 Å². The van der Waals surface area contributed by atoms with E-state index in [1.165, 1.54) is 18.5 Å². The third kappa shape index (κ3) is 4.36. The van der Waals surface area contributed by atoms with Gasteiger partial charge < -0.3 is 4.90 Å². The largest absolute Gasteiger partial charge is 0.372 e. The molecule has 0 aromatic heterocycles. The molecule has 0 amide bonds. The Labute approximate surface area is 161 Å². The molecule has 27 heavy (non-hydrogen) atoms. The van der Waals surface area contributed by atoms with Crippen molar-refractivity contribution in [3.8, 4) is 12.1 Å². The summed E-state index contributed by atoms with van der Waals surface area (Å²) in [5, 5.41) is 18.1. The normalized spacial score (nSPS) is 19.3. The van der Waals surface area contributed by atoms with E-state index >= 15 is 0 Å². The summed E-state index contributed by atoms with van der Waals surface area (Å²) in [6.07, 6.45) is 10.3. The van der Waals surface area contributed by atoms with Gasteiger partial charge in [-0.15, -0.1) is 0 Å². The van der Waals surface area contributed by atoms with Gasteiger partial charge in [0.05, 0.1) is 5.71 Å². The van der Waals surface area contributed by atoms with Crippen LogP contribution in [-0.4, -0.2) is 24.8 Å². The van der Waals surface area contributed by atoms with Gasteiger partial charge in [-0.25, -0.2) is 0 Å². The van der Waals surface area contributed by atoms with E-state index in [1.807, 2.05) is 36.4 Å². The maximum Gasteiger partial charge on any atom is 0.136 e. The van der Waals surface area contributed by atoms with Gasteiger partial charge in [-0.05, 0) is 44.4 Å². The lowest BCUT2D eigenvalue weighted by atomic mass is 9.90. The molecule has 4 nitrogen and oxygen atoms in total. The highest BCUT2D eigenvalue weighted by atomic mass is 15.1. The Morgan fingerprint density at radius 3 is 2.15 bits per heavy atom. The number of allylic oxidation sites excluding steroid dienone is 6. The first-order valence-electron chi connectivity index (χ1n) is 9.46. The van der Waals surface area contributed by atoms with E-state index in [-0.39, 0.29) is 17.5 Å². The molecule has 3 rings (SSSR count). The molecule has 0 spiro atoms. The lowest BCUT2D eigenvalue weighted by molar-refractivity contribution is 0.825. The second kappa shape index (κ2) is 8.52. The summed E-state index contributed by atoms with van der Waals surface area (Å²) in [5.41, 5.74) is 4.19. The zero-order chi connectivity index (χ0) is 19.2. The van der Waals surface area contributed by atoms with Gasteiger partial charge in [-0.1, -0.05) is 36.4 Å². The number of hydrogen-bond donors (Lipinski definition) is 0. The van der Waals surface area contributed by atoms with Crippen LogP contribution >= 0.6 is 0 Å². The molecule has 4 heteroatoms. The summed E-state index contributed by atoms with van der Waals surface area (Å²) < 4.78 is 0. The number of hydrogen-bond acceptors (Lipinski definition) is 4. The maximum atomic E-state index is 9.04. The molecule has 0 unspecified atom stereocenters. The van der Waals surface area contributed by atoms with Gasteiger partial charge in [0, 0.05) is 36.3 Å². The Morgan fingerprint density at radius 2 is 1.63 bits per heavy atom. The van der Waals surface area contributed by atoms with Crippen LogP contribution in [-0.2, 0) is 0 Å². The average molecular weight is 356 g/mol. The Kier molecular flexibility index (Phi) is 5.89. The molecule has 0 saturated carbocycles. The zero-order valence-corrected chi connectivity index (χ0v) is 15.9. The molecule has 1 aliphatic heterocycles. The van der Waals surface area contributed by atoms with Gasteiger partial charge >= 0.3 is 0 Å². The van der Waals surface area contributed by atoms with Crippen LogP contribution in [0.2, 0.25) is 0 Å². The van der Waals surface area contributed by atoms with Gasteiger partial charge in [-0.2, -0.15) is 10.5 Å². The molecule has 136 valence electrons. The second-order valence-electron chi connectivity index (χ2n) is 7.15. The molecule has 0 atom stereocenters. The van der Waals surface area contributed by atoms with E-state index in [4.69, 9.17) is 15.5 Å². The van der Waals surface area contributed by atoms with Crippen molar-refractivity contribution in [1.29, 1.82) is 10.5 Å². The van der Waals surface area contributed by atoms with Gasteiger partial charge in [0.1, 0.15) is 17.7 Å². The first-order chi connectivity index (χ1) is 13.1. The number of rotatable bonds is 4. The van der Waals surface area contributed by atoms with Crippen molar-refractivity contribution in [2.24, 2.45) is 10.9 Å². The van der Waals surface area contributed by atoms with Gasteiger partial charge in [0.2, 0.25) is 0 Å². The van der Waals surface area contributed by atoms with Crippen molar-refractivity contribution >= 4 is 11.4 Å². The number of benzene rings is 1. The summed E-state index contributed by atoms with van der Waals surface area (Å²) in [7, 11) is 0. The molecule has 1 fully saturated rings. The SMILES string of the molecule is CC(C)N=C(c1ccc(N2CCCC2)cc1)C1C=CC(=C(C#N)C#N)C=C1. The lowest BCUT2D eigenvalue weighted by Gasteiger charge is -2.20. The van der Waals surface area contributed by atoms with Crippen LogP contribution in [0.15, 0.2) is 64.7 Å². The number of anilines is 1. The van der Waals surface area contributed by atoms with Gasteiger partial charge in [-0.3, -0.25) is 4.99 Å². The Morgan fingerprint density at radius 1 is 1.04 bits per heavy atom. The quantitative estimate of drug-likeness (QED) is 0.586. The Bertz CT molecular complexity index is 848. The van der Waals surface area contributed by atoms with Crippen LogP contribution in [0.5, 0.6) is 0 Å². The molecule has 1 aromatic carbocycles. The van der Waals surface area contributed by atoms with Crippen LogP contribution in [0.1, 0.15) is 32.3 Å². The van der Waals surface area contributed by atoms with E-state index in [0.29, 0.717) is 5.57 Å². The van der Waals surface area contributed by atoms with Crippen LogP contribution in [0.4, 0.5) is 5.69 Å². The Hall–Kier alpha value is -3.11. The fourth-order valence-electron chi connectivity index (χ4n) is 3.49. The highest BCUT2D eigenvalue weighted by molar-refractivity contribution is 6.05. The minimum atomic E-state index is 0.0347. The monoisotopic (exact) mass is 356 g/mol. The van der Waals surface area contributed by atoms with Gasteiger partial charge in [0.15, 0.2) is 0 Å². The molecule has 0 N–H and O–H groups in total. The zero-order valence-electron chi connectivity index (χ0n) is 15.9. The minimum Gasteiger partial charge on any atom is -0.372 e. The molecule has 1 aliphatic carbocycles. The topological polar surface area (TPSA) is 63.2 Å². The summed E-state index contributed by atoms with van der Waals surface area (Å²) in [6, 6.07) is 12.7. The van der Waals surface area contributed by atoms with E-state index < -0.39 is 0 Å². The highest BCUT2D eigenvalue weighted by Gasteiger charge is 2.18. The molecule has 0 bridgehead atoms. The average Bonchev–Trinajstić information content (AvgIpc) is 3.23. The van der Waals surface area contributed by atoms with Gasteiger partial charge in [0.25, 0.3) is 0 Å². The summed E-state index contributed by atoms with van der Waals surface area (Å²) in [6.45, 7) is 6.42. The highest BCUT2D eigenvalue weighted by Crippen LogP contribution is 2.25. The molecule has 0 radical (unpaired) electrons. The third-order valence-corrected chi connectivity index (χ3v) is 4.83. The van der Waals surface area contributed by atoms with Crippen molar-refractivity contribution in [2.45, 2.75) is 32.7 Å². The maximum absolute atomic E-state index is 9.04. The number of nitrogens with zero attached hydrogens (tertiary/aromatic N) is 4. The second-order valence-corrected chi connectivity index (χ2v) is 7.15. The first-order valence-corrected chi connectivity index (χ1v) is 9.46. The summed E-state index contributed by atoms with van der Waals surface area (Å²) >= 11 is 0. The van der Waals surface area contributed by atoms with Crippen molar-refractivity contribution in [1.82, 2.24) is 0 Å². The van der Waals surface area contributed by atoms with E-state index in [9.17, 15) is 0 Å². The van der Waals surface area contributed by atoms with Crippen LogP contribution in [0.3, 0.4) is 0 Å². The smallest absolute Gasteiger partial charge is 0.136 e. The number of nitriles is 2. The number of aliphatic imine (C=N–C) groups is 1. The summed E-state index contributed by atoms with van der Waals surface area (Å²) in [4.78, 5) is 7.29. The predicted molar refractivity (Wildman–Crippen MR) is 110 cm³/mol. The van der Waals surface area contributed by atoms with E-state index in [2.05, 4.69) is 43.0 Å². The molecule has 1 heterocycles. The van der Waals surface area contributed by atoms with Crippen molar-refractivity contribution in [3.63, 3.8) is 0 Å². The van der Waals surface area contributed by atoms with Crippen molar-refractivity contribution < 1.29 is 0 Å². The fourth-order valence-corrected chi connectivity index (χ4v) is 3.49. The lowest BCUT2D eigenvalue weighted by Crippen LogP contribution is -2.18. The predicted octanol–water partition coefficient (Wildman–Crippen LogP) is 4.57. The molecule has 1 aromatic rings.